The summed E-state index contributed by atoms with van der Waals surface area (Å²) in [6.45, 7) is 20.2. The summed E-state index contributed by atoms with van der Waals surface area (Å²) in [6.07, 6.45) is 0. The molecule has 18 heavy (non-hydrogen) atoms. The minimum atomic E-state index is 0.112. The van der Waals surface area contributed by atoms with E-state index >= 15 is 0 Å². The third kappa shape index (κ3) is 3.13. The fraction of sp³-hybridized carbons (Fsp3) is 0.706. The van der Waals surface area contributed by atoms with Crippen LogP contribution in [-0.4, -0.2) is 4.98 Å². The highest BCUT2D eigenvalue weighted by Gasteiger charge is 2.25. The molecule has 1 heteroatoms. The Morgan fingerprint density at radius 2 is 1.44 bits per heavy atom. The van der Waals surface area contributed by atoms with E-state index in [4.69, 9.17) is 4.98 Å². The van der Waals surface area contributed by atoms with Gasteiger partial charge in [-0.05, 0) is 29.4 Å². The number of pyridine rings is 1. The summed E-state index contributed by atoms with van der Waals surface area (Å²) in [7, 11) is 0. The first kappa shape index (κ1) is 15.2. The molecule has 0 N–H and O–H groups in total. The smallest absolute Gasteiger partial charge is 0.0494 e. The summed E-state index contributed by atoms with van der Waals surface area (Å²) in [4.78, 5) is 4.93. The van der Waals surface area contributed by atoms with Crippen molar-refractivity contribution >= 4 is 0 Å². The summed E-state index contributed by atoms with van der Waals surface area (Å²) < 4.78 is 0. The van der Waals surface area contributed by atoms with Gasteiger partial charge in [0.2, 0.25) is 0 Å². The zero-order valence-electron chi connectivity index (χ0n) is 13.6. The van der Waals surface area contributed by atoms with Gasteiger partial charge >= 0.3 is 0 Å². The first-order chi connectivity index (χ1) is 7.94. The number of aromatic nitrogens is 1. The molecule has 0 aliphatic rings. The molecule has 0 fully saturated rings. The zero-order chi connectivity index (χ0) is 14.3. The van der Waals surface area contributed by atoms with Gasteiger partial charge in [0.05, 0.1) is 0 Å². The Kier molecular flexibility index (Phi) is 3.95. The summed E-state index contributed by atoms with van der Waals surface area (Å²) in [5.74, 6) is 0.522. The molecule has 0 radical (unpaired) electrons. The average Bonchev–Trinajstić information content (AvgIpc) is 2.13. The minimum absolute atomic E-state index is 0.112. The van der Waals surface area contributed by atoms with E-state index in [1.54, 1.807) is 0 Å². The van der Waals surface area contributed by atoms with E-state index in [0.717, 1.165) is 0 Å². The van der Waals surface area contributed by atoms with Gasteiger partial charge in [-0.1, -0.05) is 61.5 Å². The molecule has 0 atom stereocenters. The molecule has 0 amide bonds. The number of hydrogen-bond acceptors (Lipinski definition) is 1. The topological polar surface area (TPSA) is 12.9 Å². The summed E-state index contributed by atoms with van der Waals surface area (Å²) in [6, 6.07) is 2.38. The van der Waals surface area contributed by atoms with Crippen molar-refractivity contribution in [3.8, 4) is 0 Å². The molecule has 0 aliphatic carbocycles. The second kappa shape index (κ2) is 4.68. The Bertz CT molecular complexity index is 428. The SMILES string of the molecule is Cc1nc(C(C)(C)C)c(C(C)C)cc1C(C)(C)C. The van der Waals surface area contributed by atoms with Crippen molar-refractivity contribution in [3.63, 3.8) is 0 Å². The van der Waals surface area contributed by atoms with Gasteiger partial charge in [0.25, 0.3) is 0 Å². The molecule has 0 aliphatic heterocycles. The molecule has 0 saturated heterocycles. The van der Waals surface area contributed by atoms with Crippen molar-refractivity contribution in [2.75, 3.05) is 0 Å². The van der Waals surface area contributed by atoms with Crippen molar-refractivity contribution < 1.29 is 0 Å². The molecule has 1 aromatic heterocycles. The third-order valence-electron chi connectivity index (χ3n) is 3.38. The van der Waals surface area contributed by atoms with Crippen LogP contribution in [0.1, 0.15) is 83.8 Å². The van der Waals surface area contributed by atoms with Crippen molar-refractivity contribution in [2.45, 2.75) is 79.1 Å². The highest BCUT2D eigenvalue weighted by molar-refractivity contribution is 5.38. The van der Waals surface area contributed by atoms with E-state index in [1.807, 2.05) is 0 Å². The number of rotatable bonds is 1. The van der Waals surface area contributed by atoms with Crippen LogP contribution in [0.3, 0.4) is 0 Å². The maximum atomic E-state index is 4.93. The van der Waals surface area contributed by atoms with Gasteiger partial charge in [0.1, 0.15) is 0 Å². The van der Waals surface area contributed by atoms with Crippen LogP contribution >= 0.6 is 0 Å². The first-order valence-corrected chi connectivity index (χ1v) is 6.97. The fourth-order valence-corrected chi connectivity index (χ4v) is 2.42. The third-order valence-corrected chi connectivity index (χ3v) is 3.38. The Morgan fingerprint density at radius 1 is 0.944 bits per heavy atom. The normalized spacial score (nSPS) is 13.2. The molecule has 0 saturated carbocycles. The first-order valence-electron chi connectivity index (χ1n) is 6.97. The molecular weight excluding hydrogens is 218 g/mol. The molecular formula is C17H29N. The molecule has 1 rings (SSSR count). The van der Waals surface area contributed by atoms with Gasteiger partial charge in [-0.3, -0.25) is 4.98 Å². The largest absolute Gasteiger partial charge is 0.257 e. The Hall–Kier alpha value is -0.850. The van der Waals surface area contributed by atoms with E-state index in [0.29, 0.717) is 5.92 Å². The van der Waals surface area contributed by atoms with Crippen LogP contribution in [0.2, 0.25) is 0 Å². The average molecular weight is 247 g/mol. The van der Waals surface area contributed by atoms with E-state index in [2.05, 4.69) is 68.4 Å². The van der Waals surface area contributed by atoms with Crippen LogP contribution in [0.15, 0.2) is 6.07 Å². The van der Waals surface area contributed by atoms with E-state index in [1.165, 1.54) is 22.5 Å². The van der Waals surface area contributed by atoms with E-state index in [-0.39, 0.29) is 10.8 Å². The highest BCUT2D eigenvalue weighted by Crippen LogP contribution is 2.34. The lowest BCUT2D eigenvalue weighted by Gasteiger charge is -2.29. The van der Waals surface area contributed by atoms with Crippen molar-refractivity contribution in [3.05, 3.63) is 28.6 Å². The second-order valence-electron chi connectivity index (χ2n) is 7.71. The fourth-order valence-electron chi connectivity index (χ4n) is 2.42. The highest BCUT2D eigenvalue weighted by atomic mass is 14.7. The predicted molar refractivity (Wildman–Crippen MR) is 80.5 cm³/mol. The van der Waals surface area contributed by atoms with Gasteiger partial charge in [-0.15, -0.1) is 0 Å². The van der Waals surface area contributed by atoms with Gasteiger partial charge in [0.15, 0.2) is 0 Å². The summed E-state index contributed by atoms with van der Waals surface area (Å²) in [5.41, 5.74) is 5.48. The lowest BCUT2D eigenvalue weighted by molar-refractivity contribution is 0.538. The standard InChI is InChI=1S/C17H29N/c1-11(2)13-10-14(16(4,5)6)12(3)18-15(13)17(7,8)9/h10-11H,1-9H3. The lowest BCUT2D eigenvalue weighted by atomic mass is 9.79. The molecule has 0 spiro atoms. The van der Waals surface area contributed by atoms with Crippen LogP contribution in [0.25, 0.3) is 0 Å². The number of nitrogens with zero attached hydrogens (tertiary/aromatic N) is 1. The van der Waals surface area contributed by atoms with Crippen molar-refractivity contribution in [1.82, 2.24) is 4.98 Å². The molecule has 1 heterocycles. The van der Waals surface area contributed by atoms with Crippen LogP contribution in [0, 0.1) is 6.92 Å². The van der Waals surface area contributed by atoms with Crippen LogP contribution in [0.4, 0.5) is 0 Å². The number of aryl methyl sites for hydroxylation is 1. The van der Waals surface area contributed by atoms with Crippen molar-refractivity contribution in [2.24, 2.45) is 0 Å². The van der Waals surface area contributed by atoms with Gasteiger partial charge in [0, 0.05) is 16.8 Å². The van der Waals surface area contributed by atoms with Gasteiger partial charge in [-0.25, -0.2) is 0 Å². The maximum Gasteiger partial charge on any atom is 0.0494 e. The molecule has 1 nitrogen and oxygen atoms in total. The van der Waals surface area contributed by atoms with Crippen LogP contribution in [0.5, 0.6) is 0 Å². The molecule has 102 valence electrons. The lowest BCUT2D eigenvalue weighted by Crippen LogP contribution is -2.22. The Labute approximate surface area is 113 Å². The minimum Gasteiger partial charge on any atom is -0.257 e. The second-order valence-corrected chi connectivity index (χ2v) is 7.71. The zero-order valence-corrected chi connectivity index (χ0v) is 13.6. The Balaban J connectivity index is 3.55. The maximum absolute atomic E-state index is 4.93. The number of hydrogen-bond donors (Lipinski definition) is 0. The summed E-state index contributed by atoms with van der Waals surface area (Å²) in [5, 5.41) is 0. The van der Waals surface area contributed by atoms with Gasteiger partial charge in [-0.2, -0.15) is 0 Å². The molecule has 1 aromatic rings. The van der Waals surface area contributed by atoms with Crippen LogP contribution < -0.4 is 0 Å². The summed E-state index contributed by atoms with van der Waals surface area (Å²) >= 11 is 0. The quantitative estimate of drug-likeness (QED) is 0.672. The Morgan fingerprint density at radius 3 is 1.78 bits per heavy atom. The van der Waals surface area contributed by atoms with Gasteiger partial charge < -0.3 is 0 Å². The molecule has 0 unspecified atom stereocenters. The molecule has 0 bridgehead atoms. The van der Waals surface area contributed by atoms with E-state index in [9.17, 15) is 0 Å². The molecule has 0 aromatic carbocycles. The van der Waals surface area contributed by atoms with Crippen molar-refractivity contribution in [1.29, 1.82) is 0 Å². The van der Waals surface area contributed by atoms with E-state index < -0.39 is 0 Å². The predicted octanol–water partition coefficient (Wildman–Crippen LogP) is 5.11. The monoisotopic (exact) mass is 247 g/mol. The van der Waals surface area contributed by atoms with Crippen LogP contribution in [-0.2, 0) is 10.8 Å².